The average molecular weight is 346 g/mol. The van der Waals surface area contributed by atoms with Gasteiger partial charge in [0.25, 0.3) is 0 Å². The maximum atomic E-state index is 11.6. The second-order valence-electron chi connectivity index (χ2n) is 4.06. The average Bonchev–Trinajstić information content (AvgIpc) is 2.19. The number of hydrogen-bond donors (Lipinski definition) is 0. The van der Waals surface area contributed by atoms with Crippen molar-refractivity contribution in [2.45, 2.75) is 32.8 Å². The minimum Gasteiger partial charge on any atom is -0.463 e. The third-order valence-corrected chi connectivity index (χ3v) is 2.74. The predicted octanol–water partition coefficient (Wildman–Crippen LogP) is 2.74. The van der Waals surface area contributed by atoms with Gasteiger partial charge in [-0.25, -0.2) is 0 Å². The Bertz CT molecular complexity index is 396. The molecular formula is C13H15IO3. The number of ether oxygens (including phenoxy) is 1. The van der Waals surface area contributed by atoms with Crippen LogP contribution in [0.25, 0.3) is 0 Å². The minimum absolute atomic E-state index is 0.114. The van der Waals surface area contributed by atoms with Crippen LogP contribution in [0.15, 0.2) is 24.3 Å². The standard InChI is InChI=1S/C13H15IO3/c1-9(2)17-13(16)8-12(15)7-10-3-5-11(14)6-4-10/h3-6,9H,7-8H2,1-2H3. The van der Waals surface area contributed by atoms with Crippen molar-refractivity contribution >= 4 is 34.3 Å². The van der Waals surface area contributed by atoms with Gasteiger partial charge >= 0.3 is 5.97 Å². The molecule has 0 radical (unpaired) electrons. The highest BCUT2D eigenvalue weighted by atomic mass is 127. The lowest BCUT2D eigenvalue weighted by atomic mass is 10.1. The summed E-state index contributed by atoms with van der Waals surface area (Å²) in [6.45, 7) is 3.53. The third-order valence-electron chi connectivity index (χ3n) is 2.02. The zero-order valence-corrected chi connectivity index (χ0v) is 12.1. The smallest absolute Gasteiger partial charge is 0.313 e. The Balaban J connectivity index is 2.44. The normalized spacial score (nSPS) is 10.4. The molecule has 0 fully saturated rings. The van der Waals surface area contributed by atoms with Crippen molar-refractivity contribution in [3.8, 4) is 0 Å². The summed E-state index contributed by atoms with van der Waals surface area (Å²) in [5.41, 5.74) is 0.924. The SMILES string of the molecule is CC(C)OC(=O)CC(=O)Cc1ccc(I)cc1. The lowest BCUT2D eigenvalue weighted by Gasteiger charge is -2.07. The molecule has 0 aliphatic rings. The number of rotatable bonds is 5. The fourth-order valence-corrected chi connectivity index (χ4v) is 1.72. The largest absolute Gasteiger partial charge is 0.463 e. The van der Waals surface area contributed by atoms with Crippen molar-refractivity contribution in [2.24, 2.45) is 0 Å². The molecule has 17 heavy (non-hydrogen) atoms. The van der Waals surface area contributed by atoms with Gasteiger partial charge in [-0.1, -0.05) is 12.1 Å². The van der Waals surface area contributed by atoms with E-state index in [1.807, 2.05) is 24.3 Å². The summed E-state index contributed by atoms with van der Waals surface area (Å²) in [6, 6.07) is 7.67. The lowest BCUT2D eigenvalue weighted by Crippen LogP contribution is -2.16. The summed E-state index contributed by atoms with van der Waals surface area (Å²) in [5, 5.41) is 0. The van der Waals surface area contributed by atoms with E-state index < -0.39 is 5.97 Å². The molecule has 0 unspecified atom stereocenters. The number of Topliss-reactive ketones (excluding diaryl/α,β-unsaturated/α-hetero) is 1. The quantitative estimate of drug-likeness (QED) is 0.468. The van der Waals surface area contributed by atoms with Crippen LogP contribution >= 0.6 is 22.6 Å². The molecule has 3 nitrogen and oxygen atoms in total. The zero-order chi connectivity index (χ0) is 12.8. The van der Waals surface area contributed by atoms with Gasteiger partial charge in [-0.2, -0.15) is 0 Å². The van der Waals surface area contributed by atoms with E-state index in [0.717, 1.165) is 9.13 Å². The van der Waals surface area contributed by atoms with Gasteiger partial charge in [0, 0.05) is 9.99 Å². The first-order valence-electron chi connectivity index (χ1n) is 5.43. The van der Waals surface area contributed by atoms with Crippen molar-refractivity contribution in [3.05, 3.63) is 33.4 Å². The molecule has 1 rings (SSSR count). The third kappa shape index (κ3) is 5.81. The number of esters is 1. The van der Waals surface area contributed by atoms with E-state index in [-0.39, 0.29) is 24.7 Å². The summed E-state index contributed by atoms with van der Waals surface area (Å²) in [6.07, 6.45) is -0.0394. The highest BCUT2D eigenvalue weighted by molar-refractivity contribution is 14.1. The fourth-order valence-electron chi connectivity index (χ4n) is 1.36. The molecule has 0 aliphatic heterocycles. The molecule has 0 N–H and O–H groups in total. The molecule has 1 aromatic carbocycles. The number of halogens is 1. The van der Waals surface area contributed by atoms with E-state index in [4.69, 9.17) is 4.74 Å². The Hall–Kier alpha value is -0.910. The van der Waals surface area contributed by atoms with Crippen molar-refractivity contribution in [3.63, 3.8) is 0 Å². The van der Waals surface area contributed by atoms with Crippen LogP contribution in [-0.4, -0.2) is 17.9 Å². The molecular weight excluding hydrogens is 331 g/mol. The maximum Gasteiger partial charge on any atom is 0.313 e. The molecule has 92 valence electrons. The number of carbonyl (C=O) groups is 2. The van der Waals surface area contributed by atoms with Crippen LogP contribution in [-0.2, 0) is 20.7 Å². The van der Waals surface area contributed by atoms with Crippen molar-refractivity contribution in [2.75, 3.05) is 0 Å². The Morgan fingerprint density at radius 2 is 1.82 bits per heavy atom. The van der Waals surface area contributed by atoms with Crippen molar-refractivity contribution < 1.29 is 14.3 Å². The lowest BCUT2D eigenvalue weighted by molar-refractivity contribution is -0.149. The van der Waals surface area contributed by atoms with Crippen LogP contribution in [0.3, 0.4) is 0 Å². The highest BCUT2D eigenvalue weighted by Gasteiger charge is 2.12. The molecule has 1 aromatic rings. The van der Waals surface area contributed by atoms with E-state index in [9.17, 15) is 9.59 Å². The Labute approximate surface area is 115 Å². The van der Waals surface area contributed by atoms with Gasteiger partial charge in [-0.3, -0.25) is 9.59 Å². The van der Waals surface area contributed by atoms with Crippen LogP contribution in [0.2, 0.25) is 0 Å². The van der Waals surface area contributed by atoms with Gasteiger partial charge in [-0.05, 0) is 54.1 Å². The fraction of sp³-hybridized carbons (Fsp3) is 0.385. The second kappa shape index (κ2) is 6.74. The van der Waals surface area contributed by atoms with Gasteiger partial charge in [0.1, 0.15) is 12.2 Å². The van der Waals surface area contributed by atoms with Crippen molar-refractivity contribution in [1.29, 1.82) is 0 Å². The summed E-state index contributed by atoms with van der Waals surface area (Å²) < 4.78 is 6.04. The highest BCUT2D eigenvalue weighted by Crippen LogP contribution is 2.08. The van der Waals surface area contributed by atoms with Crippen LogP contribution in [0.1, 0.15) is 25.8 Å². The van der Waals surface area contributed by atoms with Gasteiger partial charge in [0.15, 0.2) is 0 Å². The second-order valence-corrected chi connectivity index (χ2v) is 5.30. The van der Waals surface area contributed by atoms with Crippen molar-refractivity contribution in [1.82, 2.24) is 0 Å². The number of carbonyl (C=O) groups excluding carboxylic acids is 2. The van der Waals surface area contributed by atoms with Gasteiger partial charge in [0.2, 0.25) is 0 Å². The van der Waals surface area contributed by atoms with Gasteiger partial charge in [-0.15, -0.1) is 0 Å². The van der Waals surface area contributed by atoms with Gasteiger partial charge in [0.05, 0.1) is 6.10 Å². The summed E-state index contributed by atoms with van der Waals surface area (Å²) >= 11 is 2.20. The summed E-state index contributed by atoms with van der Waals surface area (Å²) in [7, 11) is 0. The molecule has 0 saturated carbocycles. The molecule has 0 heterocycles. The zero-order valence-electron chi connectivity index (χ0n) is 9.90. The maximum absolute atomic E-state index is 11.6. The Morgan fingerprint density at radius 3 is 2.35 bits per heavy atom. The molecule has 0 aliphatic carbocycles. The molecule has 0 aromatic heterocycles. The van der Waals surface area contributed by atoms with Crippen LogP contribution < -0.4 is 0 Å². The van der Waals surface area contributed by atoms with E-state index >= 15 is 0 Å². The van der Waals surface area contributed by atoms with Gasteiger partial charge < -0.3 is 4.74 Å². The Kier molecular flexibility index (Phi) is 5.61. The molecule has 0 spiro atoms. The monoisotopic (exact) mass is 346 g/mol. The minimum atomic E-state index is -0.449. The number of ketones is 1. The van der Waals surface area contributed by atoms with Crippen LogP contribution in [0, 0.1) is 3.57 Å². The predicted molar refractivity (Wildman–Crippen MR) is 73.7 cm³/mol. The molecule has 0 saturated heterocycles. The molecule has 0 amide bonds. The van der Waals surface area contributed by atoms with E-state index in [0.29, 0.717) is 0 Å². The van der Waals surface area contributed by atoms with Crippen LogP contribution in [0.5, 0.6) is 0 Å². The van der Waals surface area contributed by atoms with E-state index in [1.165, 1.54) is 0 Å². The van der Waals surface area contributed by atoms with E-state index in [2.05, 4.69) is 22.6 Å². The first kappa shape index (κ1) is 14.2. The number of benzene rings is 1. The van der Waals surface area contributed by atoms with Crippen LogP contribution in [0.4, 0.5) is 0 Å². The number of hydrogen-bond acceptors (Lipinski definition) is 3. The van der Waals surface area contributed by atoms with E-state index in [1.54, 1.807) is 13.8 Å². The molecule has 0 atom stereocenters. The summed E-state index contributed by atoms with van der Waals surface area (Å²) in [5.74, 6) is -0.563. The Morgan fingerprint density at radius 1 is 1.24 bits per heavy atom. The molecule has 4 heteroatoms. The first-order valence-corrected chi connectivity index (χ1v) is 6.51. The topological polar surface area (TPSA) is 43.4 Å². The summed E-state index contributed by atoms with van der Waals surface area (Å²) in [4.78, 5) is 22.9. The molecule has 0 bridgehead atoms. The first-order chi connectivity index (χ1) is 7.97.